The van der Waals surface area contributed by atoms with Gasteiger partial charge < -0.3 is 19.7 Å². The van der Waals surface area contributed by atoms with E-state index in [0.29, 0.717) is 5.65 Å². The van der Waals surface area contributed by atoms with Crippen LogP contribution in [-0.2, 0) is 4.79 Å². The minimum absolute atomic E-state index is 0.0530. The average Bonchev–Trinajstić information content (AvgIpc) is 3.27. The van der Waals surface area contributed by atoms with Gasteiger partial charge in [0, 0.05) is 51.4 Å². The number of aromatic amines is 1. The normalized spacial score (nSPS) is 18.2. The van der Waals surface area contributed by atoms with E-state index in [1.807, 2.05) is 29.3 Å². The van der Waals surface area contributed by atoms with Gasteiger partial charge in [0.1, 0.15) is 11.3 Å². The number of rotatable bonds is 3. The topological polar surface area (TPSA) is 94.1 Å². The van der Waals surface area contributed by atoms with Crippen molar-refractivity contribution in [2.24, 2.45) is 5.92 Å². The Hall–Kier alpha value is -2.94. The standard InChI is InChI=1S/C20H23ClN8O/c21-20-25-17-16(23-13-24-17)18(26-20)28-7-4-14(5-8-28)19(30)29-11-9-27(10-12-29)15-3-1-2-6-22-15/h1-3,6,13-14H,4-5,7-12H2,(H,23,24,25,26). The van der Waals surface area contributed by atoms with Crippen molar-refractivity contribution in [1.82, 2.24) is 29.8 Å². The summed E-state index contributed by atoms with van der Waals surface area (Å²) in [6, 6.07) is 5.93. The minimum Gasteiger partial charge on any atom is -0.355 e. The molecular weight excluding hydrogens is 404 g/mol. The molecule has 5 heterocycles. The van der Waals surface area contributed by atoms with Gasteiger partial charge in [0.2, 0.25) is 11.2 Å². The predicted octanol–water partition coefficient (Wildman–Crippen LogP) is 1.97. The van der Waals surface area contributed by atoms with Crippen molar-refractivity contribution < 1.29 is 4.79 Å². The first-order chi connectivity index (χ1) is 14.7. The number of aromatic nitrogens is 5. The number of carbonyl (C=O) groups is 1. The molecule has 0 bridgehead atoms. The molecule has 1 amide bonds. The molecule has 3 aromatic rings. The molecule has 9 nitrogen and oxygen atoms in total. The van der Waals surface area contributed by atoms with Gasteiger partial charge in [-0.25, -0.2) is 9.97 Å². The van der Waals surface area contributed by atoms with Crippen molar-refractivity contribution in [2.45, 2.75) is 12.8 Å². The lowest BCUT2D eigenvalue weighted by molar-refractivity contribution is -0.136. The summed E-state index contributed by atoms with van der Waals surface area (Å²) in [4.78, 5) is 39.7. The van der Waals surface area contributed by atoms with Crippen molar-refractivity contribution in [2.75, 3.05) is 49.1 Å². The van der Waals surface area contributed by atoms with Crippen LogP contribution in [0.1, 0.15) is 12.8 Å². The smallest absolute Gasteiger partial charge is 0.226 e. The fraction of sp³-hybridized carbons (Fsp3) is 0.450. The van der Waals surface area contributed by atoms with Crippen LogP contribution < -0.4 is 9.80 Å². The SMILES string of the molecule is O=C(C1CCN(c2nc(Cl)nc3nc[nH]c23)CC1)N1CCN(c2ccccn2)CC1. The predicted molar refractivity (Wildman–Crippen MR) is 115 cm³/mol. The highest BCUT2D eigenvalue weighted by Gasteiger charge is 2.31. The van der Waals surface area contributed by atoms with Crippen LogP contribution in [0.4, 0.5) is 11.6 Å². The number of pyridine rings is 1. The number of anilines is 2. The van der Waals surface area contributed by atoms with Gasteiger partial charge in [0.25, 0.3) is 0 Å². The van der Waals surface area contributed by atoms with Gasteiger partial charge in [-0.15, -0.1) is 0 Å². The second kappa shape index (κ2) is 8.06. The highest BCUT2D eigenvalue weighted by Crippen LogP contribution is 2.28. The van der Waals surface area contributed by atoms with Crippen molar-refractivity contribution in [3.63, 3.8) is 0 Å². The number of imidazole rings is 1. The van der Waals surface area contributed by atoms with E-state index in [0.717, 1.165) is 69.3 Å². The van der Waals surface area contributed by atoms with E-state index in [-0.39, 0.29) is 17.1 Å². The van der Waals surface area contributed by atoms with E-state index in [9.17, 15) is 4.79 Å². The lowest BCUT2D eigenvalue weighted by Crippen LogP contribution is -2.52. The van der Waals surface area contributed by atoms with Gasteiger partial charge in [-0.3, -0.25) is 4.79 Å². The maximum absolute atomic E-state index is 13.1. The molecular formula is C20H23ClN8O. The van der Waals surface area contributed by atoms with Crippen LogP contribution >= 0.6 is 11.6 Å². The van der Waals surface area contributed by atoms with Crippen molar-refractivity contribution in [1.29, 1.82) is 0 Å². The Balaban J connectivity index is 1.19. The molecule has 3 aromatic heterocycles. The maximum atomic E-state index is 13.1. The molecule has 0 saturated carbocycles. The number of hydrogen-bond donors (Lipinski definition) is 1. The number of H-pyrrole nitrogens is 1. The van der Waals surface area contributed by atoms with E-state index in [1.54, 1.807) is 6.33 Å². The summed E-state index contributed by atoms with van der Waals surface area (Å²) in [6.45, 7) is 4.63. The zero-order valence-corrected chi connectivity index (χ0v) is 17.3. The Morgan fingerprint density at radius 2 is 1.80 bits per heavy atom. The summed E-state index contributed by atoms with van der Waals surface area (Å²) >= 11 is 6.06. The Kier molecular flexibility index (Phi) is 5.12. The van der Waals surface area contributed by atoms with Crippen LogP contribution in [0.15, 0.2) is 30.7 Å². The monoisotopic (exact) mass is 426 g/mol. The number of fused-ring (bicyclic) bond motifs is 1. The molecule has 156 valence electrons. The summed E-state index contributed by atoms with van der Waals surface area (Å²) in [5, 5.41) is 0.188. The number of nitrogens with one attached hydrogen (secondary N) is 1. The molecule has 0 spiro atoms. The highest BCUT2D eigenvalue weighted by molar-refractivity contribution is 6.28. The van der Waals surface area contributed by atoms with Crippen molar-refractivity contribution >= 4 is 40.3 Å². The second-order valence-electron chi connectivity index (χ2n) is 7.68. The summed E-state index contributed by atoms with van der Waals surface area (Å²) in [5.74, 6) is 2.06. The number of piperazine rings is 1. The Labute approximate surface area is 179 Å². The second-order valence-corrected chi connectivity index (χ2v) is 8.02. The van der Waals surface area contributed by atoms with Crippen molar-refractivity contribution in [3.8, 4) is 0 Å². The third-order valence-electron chi connectivity index (χ3n) is 5.95. The number of halogens is 1. The molecule has 2 aliphatic rings. The van der Waals surface area contributed by atoms with Gasteiger partial charge in [-0.2, -0.15) is 9.97 Å². The van der Waals surface area contributed by atoms with E-state index in [4.69, 9.17) is 11.6 Å². The molecule has 2 saturated heterocycles. The molecule has 0 atom stereocenters. The van der Waals surface area contributed by atoms with E-state index in [2.05, 4.69) is 34.7 Å². The van der Waals surface area contributed by atoms with Crippen LogP contribution in [0.5, 0.6) is 0 Å². The Bertz CT molecular complexity index is 1030. The molecule has 0 unspecified atom stereocenters. The first kappa shape index (κ1) is 19.0. The number of nitrogens with zero attached hydrogens (tertiary/aromatic N) is 7. The summed E-state index contributed by atoms with van der Waals surface area (Å²) in [5.41, 5.74) is 1.35. The van der Waals surface area contributed by atoms with E-state index >= 15 is 0 Å². The lowest BCUT2D eigenvalue weighted by Gasteiger charge is -2.39. The first-order valence-corrected chi connectivity index (χ1v) is 10.6. The van der Waals surface area contributed by atoms with Crippen LogP contribution in [0, 0.1) is 5.92 Å². The number of piperidine rings is 1. The summed E-state index contributed by atoms with van der Waals surface area (Å²) in [7, 11) is 0. The minimum atomic E-state index is 0.0530. The van der Waals surface area contributed by atoms with Crippen LogP contribution in [0.25, 0.3) is 11.2 Å². The molecule has 30 heavy (non-hydrogen) atoms. The largest absolute Gasteiger partial charge is 0.355 e. The lowest BCUT2D eigenvalue weighted by atomic mass is 9.95. The summed E-state index contributed by atoms with van der Waals surface area (Å²) < 4.78 is 0. The highest BCUT2D eigenvalue weighted by atomic mass is 35.5. The maximum Gasteiger partial charge on any atom is 0.226 e. The molecule has 2 fully saturated rings. The third kappa shape index (κ3) is 3.65. The fourth-order valence-electron chi connectivity index (χ4n) is 4.31. The third-order valence-corrected chi connectivity index (χ3v) is 6.12. The van der Waals surface area contributed by atoms with Crippen LogP contribution in [0.2, 0.25) is 5.28 Å². The number of hydrogen-bond acceptors (Lipinski definition) is 7. The summed E-state index contributed by atoms with van der Waals surface area (Å²) in [6.07, 6.45) is 5.01. The Morgan fingerprint density at radius 3 is 2.53 bits per heavy atom. The average molecular weight is 427 g/mol. The van der Waals surface area contributed by atoms with Crippen LogP contribution in [-0.4, -0.2) is 75.0 Å². The zero-order chi connectivity index (χ0) is 20.5. The van der Waals surface area contributed by atoms with Crippen LogP contribution in [0.3, 0.4) is 0 Å². The van der Waals surface area contributed by atoms with Gasteiger partial charge in [0.05, 0.1) is 6.33 Å². The molecule has 1 N–H and O–H groups in total. The number of carbonyl (C=O) groups excluding carboxylic acids is 1. The molecule has 0 aliphatic carbocycles. The fourth-order valence-corrected chi connectivity index (χ4v) is 4.47. The van der Waals surface area contributed by atoms with Gasteiger partial charge in [-0.05, 0) is 36.6 Å². The Morgan fingerprint density at radius 1 is 1.00 bits per heavy atom. The van der Waals surface area contributed by atoms with Crippen molar-refractivity contribution in [3.05, 3.63) is 36.0 Å². The number of amides is 1. The van der Waals surface area contributed by atoms with Gasteiger partial charge in [0.15, 0.2) is 11.5 Å². The molecule has 2 aliphatic heterocycles. The molecule has 0 radical (unpaired) electrons. The quantitative estimate of drug-likeness (QED) is 0.640. The van der Waals surface area contributed by atoms with E-state index in [1.165, 1.54) is 0 Å². The zero-order valence-electron chi connectivity index (χ0n) is 16.5. The molecule has 0 aromatic carbocycles. The molecule has 10 heteroatoms. The molecule has 5 rings (SSSR count). The van der Waals surface area contributed by atoms with E-state index < -0.39 is 0 Å². The van der Waals surface area contributed by atoms with Gasteiger partial charge >= 0.3 is 0 Å². The first-order valence-electron chi connectivity index (χ1n) is 10.3. The van der Waals surface area contributed by atoms with Gasteiger partial charge in [-0.1, -0.05) is 6.07 Å².